The second kappa shape index (κ2) is 4.50. The van der Waals surface area contributed by atoms with E-state index >= 15 is 0 Å². The highest BCUT2D eigenvalue weighted by Crippen LogP contribution is 2.24. The van der Waals surface area contributed by atoms with Crippen molar-refractivity contribution >= 4 is 17.5 Å². The normalized spacial score (nSPS) is 24.7. The number of carbonyl (C=O) groups is 1. The highest BCUT2D eigenvalue weighted by atomic mass is 35.5. The fraction of sp³-hybridized carbons (Fsp3) is 0.583. The molecule has 2 unspecified atom stereocenters. The maximum Gasteiger partial charge on any atom is 0.255 e. The summed E-state index contributed by atoms with van der Waals surface area (Å²) in [6.45, 7) is 3.64. The summed E-state index contributed by atoms with van der Waals surface area (Å²) in [5.41, 5.74) is 0.619. The molecule has 1 aliphatic rings. The minimum absolute atomic E-state index is 0.0669. The molecule has 0 saturated heterocycles. The van der Waals surface area contributed by atoms with E-state index in [1.54, 1.807) is 13.0 Å². The molecule has 0 bridgehead atoms. The van der Waals surface area contributed by atoms with Gasteiger partial charge in [0.1, 0.15) is 11.5 Å². The molecule has 2 atom stereocenters. The first kappa shape index (κ1) is 11.5. The van der Waals surface area contributed by atoms with Crippen LogP contribution in [0.25, 0.3) is 0 Å². The van der Waals surface area contributed by atoms with Gasteiger partial charge in [-0.3, -0.25) is 4.79 Å². The predicted octanol–water partition coefficient (Wildman–Crippen LogP) is 2.79. The zero-order valence-corrected chi connectivity index (χ0v) is 10.3. The van der Waals surface area contributed by atoms with E-state index in [0.29, 0.717) is 11.3 Å². The van der Waals surface area contributed by atoms with Crippen molar-refractivity contribution in [1.82, 2.24) is 5.32 Å². The van der Waals surface area contributed by atoms with Crippen LogP contribution in [0.2, 0.25) is 0 Å². The van der Waals surface area contributed by atoms with E-state index in [1.165, 1.54) is 0 Å². The molecular formula is C12H16ClNO2. The number of nitrogens with one attached hydrogen (secondary N) is 1. The number of amides is 1. The van der Waals surface area contributed by atoms with Gasteiger partial charge in [0.05, 0.1) is 10.9 Å². The number of hydrogen-bond acceptors (Lipinski definition) is 2. The number of hydrogen-bond donors (Lipinski definition) is 1. The van der Waals surface area contributed by atoms with Gasteiger partial charge in [0, 0.05) is 6.04 Å². The largest absolute Gasteiger partial charge is 0.466 e. The third kappa shape index (κ3) is 2.24. The molecular weight excluding hydrogens is 226 g/mol. The molecule has 1 amide bonds. The molecule has 4 heteroatoms. The van der Waals surface area contributed by atoms with Crippen molar-refractivity contribution in [3.8, 4) is 0 Å². The van der Waals surface area contributed by atoms with Gasteiger partial charge in [0.25, 0.3) is 5.91 Å². The summed E-state index contributed by atoms with van der Waals surface area (Å²) in [5, 5.41) is 3.04. The smallest absolute Gasteiger partial charge is 0.255 e. The fourth-order valence-corrected chi connectivity index (χ4v) is 2.52. The van der Waals surface area contributed by atoms with E-state index < -0.39 is 0 Å². The summed E-state index contributed by atoms with van der Waals surface area (Å²) in [4.78, 5) is 12.0. The number of carbonyl (C=O) groups excluding carboxylic acids is 1. The van der Waals surface area contributed by atoms with Crippen LogP contribution in [0.3, 0.4) is 0 Å². The second-order valence-corrected chi connectivity index (χ2v) is 4.91. The molecule has 1 aromatic heterocycles. The van der Waals surface area contributed by atoms with E-state index in [4.69, 9.17) is 16.0 Å². The first-order valence-electron chi connectivity index (χ1n) is 5.60. The van der Waals surface area contributed by atoms with Crippen LogP contribution in [0.4, 0.5) is 0 Å². The summed E-state index contributed by atoms with van der Waals surface area (Å²) in [5.74, 6) is 1.35. The lowest BCUT2D eigenvalue weighted by Crippen LogP contribution is -2.37. The van der Waals surface area contributed by atoms with Crippen LogP contribution in [0.5, 0.6) is 0 Å². The van der Waals surface area contributed by atoms with E-state index in [-0.39, 0.29) is 17.3 Å². The van der Waals surface area contributed by atoms with Crippen LogP contribution < -0.4 is 5.32 Å². The number of halogens is 1. The fourth-order valence-electron chi connectivity index (χ4n) is 2.18. The van der Waals surface area contributed by atoms with Gasteiger partial charge in [-0.05, 0) is 39.2 Å². The molecule has 0 aromatic carbocycles. The Morgan fingerprint density at radius 3 is 2.75 bits per heavy atom. The third-order valence-corrected chi connectivity index (χ3v) is 3.56. The van der Waals surface area contributed by atoms with Gasteiger partial charge < -0.3 is 9.73 Å². The van der Waals surface area contributed by atoms with Crippen molar-refractivity contribution in [2.45, 2.75) is 44.5 Å². The third-order valence-electron chi connectivity index (χ3n) is 3.03. The highest BCUT2D eigenvalue weighted by Gasteiger charge is 2.27. The standard InChI is InChI=1S/C12H16ClNO2/c1-7-6-9(8(2)16-7)12(15)14-11-5-3-4-10(11)13/h6,10-11H,3-5H2,1-2H3,(H,14,15). The van der Waals surface area contributed by atoms with Crippen LogP contribution in [-0.4, -0.2) is 17.3 Å². The maximum absolute atomic E-state index is 12.0. The van der Waals surface area contributed by atoms with Crippen molar-refractivity contribution in [2.75, 3.05) is 0 Å². The van der Waals surface area contributed by atoms with E-state index in [2.05, 4.69) is 5.32 Å². The van der Waals surface area contributed by atoms with Gasteiger partial charge in [-0.1, -0.05) is 0 Å². The molecule has 1 fully saturated rings. The average molecular weight is 242 g/mol. The Morgan fingerprint density at radius 1 is 1.50 bits per heavy atom. The molecule has 2 rings (SSSR count). The number of rotatable bonds is 2. The van der Waals surface area contributed by atoms with E-state index in [9.17, 15) is 4.79 Å². The molecule has 0 aliphatic heterocycles. The Kier molecular flexibility index (Phi) is 3.24. The number of aryl methyl sites for hydroxylation is 2. The predicted molar refractivity (Wildman–Crippen MR) is 62.9 cm³/mol. The van der Waals surface area contributed by atoms with Crippen molar-refractivity contribution < 1.29 is 9.21 Å². The molecule has 1 aliphatic carbocycles. The summed E-state index contributed by atoms with van der Waals surface area (Å²) < 4.78 is 5.33. The minimum Gasteiger partial charge on any atom is -0.466 e. The molecule has 1 heterocycles. The molecule has 1 aromatic rings. The van der Waals surface area contributed by atoms with E-state index in [1.807, 2.05) is 6.92 Å². The van der Waals surface area contributed by atoms with Gasteiger partial charge in [-0.2, -0.15) is 0 Å². The average Bonchev–Trinajstić information content (AvgIpc) is 2.74. The monoisotopic (exact) mass is 241 g/mol. The molecule has 0 spiro atoms. The summed E-state index contributed by atoms with van der Waals surface area (Å²) in [7, 11) is 0. The second-order valence-electron chi connectivity index (χ2n) is 4.35. The summed E-state index contributed by atoms with van der Waals surface area (Å²) in [6.07, 6.45) is 3.04. The lowest BCUT2D eigenvalue weighted by molar-refractivity contribution is 0.0937. The quantitative estimate of drug-likeness (QED) is 0.809. The van der Waals surface area contributed by atoms with Gasteiger partial charge in [-0.15, -0.1) is 11.6 Å². The van der Waals surface area contributed by atoms with Crippen molar-refractivity contribution in [3.05, 3.63) is 23.2 Å². The Bertz CT molecular complexity index is 400. The van der Waals surface area contributed by atoms with Crippen molar-refractivity contribution in [2.24, 2.45) is 0 Å². The van der Waals surface area contributed by atoms with E-state index in [0.717, 1.165) is 25.0 Å². The van der Waals surface area contributed by atoms with Crippen LogP contribution in [0.15, 0.2) is 10.5 Å². The topological polar surface area (TPSA) is 42.2 Å². The van der Waals surface area contributed by atoms with Crippen LogP contribution in [-0.2, 0) is 0 Å². The molecule has 1 N–H and O–H groups in total. The number of alkyl halides is 1. The Hall–Kier alpha value is -0.960. The molecule has 3 nitrogen and oxygen atoms in total. The minimum atomic E-state index is -0.0769. The van der Waals surface area contributed by atoms with Gasteiger partial charge in [0.15, 0.2) is 0 Å². The van der Waals surface area contributed by atoms with Crippen LogP contribution in [0.1, 0.15) is 41.1 Å². The Labute approximate surface area is 100 Å². The van der Waals surface area contributed by atoms with Crippen LogP contribution >= 0.6 is 11.6 Å². The molecule has 0 radical (unpaired) electrons. The molecule has 1 saturated carbocycles. The van der Waals surface area contributed by atoms with Gasteiger partial charge in [-0.25, -0.2) is 0 Å². The Morgan fingerprint density at radius 2 is 2.25 bits per heavy atom. The lowest BCUT2D eigenvalue weighted by Gasteiger charge is -2.15. The first-order chi connectivity index (χ1) is 7.58. The van der Waals surface area contributed by atoms with Gasteiger partial charge in [0.2, 0.25) is 0 Å². The number of furan rings is 1. The molecule has 88 valence electrons. The lowest BCUT2D eigenvalue weighted by atomic mass is 10.2. The zero-order valence-electron chi connectivity index (χ0n) is 9.55. The zero-order chi connectivity index (χ0) is 11.7. The maximum atomic E-state index is 12.0. The van der Waals surface area contributed by atoms with Crippen molar-refractivity contribution in [1.29, 1.82) is 0 Å². The Balaban J connectivity index is 2.05. The first-order valence-corrected chi connectivity index (χ1v) is 6.03. The van der Waals surface area contributed by atoms with Gasteiger partial charge >= 0.3 is 0 Å². The van der Waals surface area contributed by atoms with Crippen LogP contribution in [0, 0.1) is 13.8 Å². The summed E-state index contributed by atoms with van der Waals surface area (Å²) >= 11 is 6.12. The highest BCUT2D eigenvalue weighted by molar-refractivity contribution is 6.21. The molecule has 16 heavy (non-hydrogen) atoms. The van der Waals surface area contributed by atoms with Crippen molar-refractivity contribution in [3.63, 3.8) is 0 Å². The summed E-state index contributed by atoms with van der Waals surface area (Å²) in [6, 6.07) is 1.87. The SMILES string of the molecule is Cc1cc(C(=O)NC2CCCC2Cl)c(C)o1.